The molecule has 96 valence electrons. The Kier molecular flexibility index (Phi) is 7.38. The molecule has 1 aromatic rings. The summed E-state index contributed by atoms with van der Waals surface area (Å²) in [6.45, 7) is 8.90. The van der Waals surface area contributed by atoms with Gasteiger partial charge in [0.25, 0.3) is 0 Å². The Morgan fingerprint density at radius 3 is 2.71 bits per heavy atom. The molecule has 0 aromatic heterocycles. The third kappa shape index (κ3) is 6.13. The van der Waals surface area contributed by atoms with Crippen LogP contribution >= 0.6 is 11.8 Å². The van der Waals surface area contributed by atoms with E-state index < -0.39 is 0 Å². The minimum absolute atomic E-state index is 1.16. The van der Waals surface area contributed by atoms with Crippen LogP contribution in [-0.4, -0.2) is 18.8 Å². The lowest BCUT2D eigenvalue weighted by Gasteiger charge is -2.07. The van der Waals surface area contributed by atoms with Gasteiger partial charge < -0.3 is 5.32 Å². The van der Waals surface area contributed by atoms with Crippen molar-refractivity contribution in [1.29, 1.82) is 0 Å². The van der Waals surface area contributed by atoms with Crippen molar-refractivity contribution in [2.24, 2.45) is 0 Å². The van der Waals surface area contributed by atoms with Gasteiger partial charge in [-0.05, 0) is 63.6 Å². The summed E-state index contributed by atoms with van der Waals surface area (Å²) >= 11 is 2.00. The molecule has 1 aromatic carbocycles. The Balaban J connectivity index is 2.15. The summed E-state index contributed by atoms with van der Waals surface area (Å²) in [7, 11) is 0. The van der Waals surface area contributed by atoms with Crippen molar-refractivity contribution >= 4 is 11.8 Å². The maximum absolute atomic E-state index is 3.44. The molecular formula is C15H25NS. The molecule has 0 aliphatic rings. The van der Waals surface area contributed by atoms with Gasteiger partial charge in [0, 0.05) is 4.90 Å². The van der Waals surface area contributed by atoms with Gasteiger partial charge in [0.2, 0.25) is 0 Å². The smallest absolute Gasteiger partial charge is 0.0104 e. The lowest BCUT2D eigenvalue weighted by molar-refractivity contribution is 0.635. The number of hydrogen-bond donors (Lipinski definition) is 1. The van der Waals surface area contributed by atoms with E-state index in [1.54, 1.807) is 0 Å². The zero-order chi connectivity index (χ0) is 12.5. The molecule has 0 amide bonds. The highest BCUT2D eigenvalue weighted by atomic mass is 32.2. The Hall–Kier alpha value is -0.470. The van der Waals surface area contributed by atoms with Gasteiger partial charge in [-0.3, -0.25) is 0 Å². The van der Waals surface area contributed by atoms with E-state index in [0.29, 0.717) is 0 Å². The summed E-state index contributed by atoms with van der Waals surface area (Å²) in [6.07, 6.45) is 3.82. The van der Waals surface area contributed by atoms with Crippen molar-refractivity contribution < 1.29 is 0 Å². The van der Waals surface area contributed by atoms with Crippen molar-refractivity contribution in [2.75, 3.05) is 18.8 Å². The maximum Gasteiger partial charge on any atom is 0.0104 e. The second kappa shape index (κ2) is 8.60. The number of nitrogens with one attached hydrogen (secondary N) is 1. The summed E-state index contributed by atoms with van der Waals surface area (Å²) < 4.78 is 0. The van der Waals surface area contributed by atoms with E-state index in [0.717, 1.165) is 6.54 Å². The summed E-state index contributed by atoms with van der Waals surface area (Å²) in [4.78, 5) is 1.45. The molecular weight excluding hydrogens is 226 g/mol. The number of hydrogen-bond acceptors (Lipinski definition) is 2. The third-order valence-corrected chi connectivity index (χ3v) is 4.02. The van der Waals surface area contributed by atoms with Gasteiger partial charge in [-0.2, -0.15) is 0 Å². The first-order valence-electron chi connectivity index (χ1n) is 6.65. The number of unbranched alkanes of at least 4 members (excludes halogenated alkanes) is 1. The summed E-state index contributed by atoms with van der Waals surface area (Å²) in [6, 6.07) is 6.71. The van der Waals surface area contributed by atoms with E-state index in [-0.39, 0.29) is 0 Å². The van der Waals surface area contributed by atoms with Crippen molar-refractivity contribution in [1.82, 2.24) is 5.32 Å². The highest BCUT2D eigenvalue weighted by Crippen LogP contribution is 2.24. The number of benzene rings is 1. The summed E-state index contributed by atoms with van der Waals surface area (Å²) in [5.41, 5.74) is 2.77. The lowest BCUT2D eigenvalue weighted by atomic mass is 10.2. The van der Waals surface area contributed by atoms with Gasteiger partial charge in [-0.15, -0.1) is 11.8 Å². The van der Waals surface area contributed by atoms with Gasteiger partial charge >= 0.3 is 0 Å². The Morgan fingerprint density at radius 1 is 1.12 bits per heavy atom. The molecule has 0 fully saturated rings. The first-order chi connectivity index (χ1) is 8.24. The predicted molar refractivity (Wildman–Crippen MR) is 79.0 cm³/mol. The summed E-state index contributed by atoms with van der Waals surface area (Å²) in [5.74, 6) is 1.23. The topological polar surface area (TPSA) is 12.0 Å². The van der Waals surface area contributed by atoms with Gasteiger partial charge in [0.05, 0.1) is 0 Å². The normalized spacial score (nSPS) is 10.8. The predicted octanol–water partition coefficient (Wildman–Crippen LogP) is 4.18. The highest BCUT2D eigenvalue weighted by molar-refractivity contribution is 7.99. The molecule has 0 bridgehead atoms. The van der Waals surface area contributed by atoms with Crippen LogP contribution in [0.1, 0.15) is 37.3 Å². The van der Waals surface area contributed by atoms with Crippen LogP contribution in [-0.2, 0) is 0 Å². The molecule has 0 aliphatic heterocycles. The van der Waals surface area contributed by atoms with Crippen LogP contribution < -0.4 is 5.32 Å². The molecule has 17 heavy (non-hydrogen) atoms. The van der Waals surface area contributed by atoms with Crippen LogP contribution in [0.15, 0.2) is 23.1 Å². The lowest BCUT2D eigenvalue weighted by Crippen LogP contribution is -2.15. The first-order valence-corrected chi connectivity index (χ1v) is 7.63. The molecule has 1 nitrogen and oxygen atoms in total. The summed E-state index contributed by atoms with van der Waals surface area (Å²) in [5, 5.41) is 3.44. The van der Waals surface area contributed by atoms with Crippen LogP contribution in [0.3, 0.4) is 0 Å². The van der Waals surface area contributed by atoms with Crippen molar-refractivity contribution in [2.45, 2.75) is 44.9 Å². The maximum atomic E-state index is 3.44. The van der Waals surface area contributed by atoms with E-state index in [4.69, 9.17) is 0 Å². The molecule has 1 rings (SSSR count). The number of rotatable bonds is 8. The van der Waals surface area contributed by atoms with Gasteiger partial charge in [0.15, 0.2) is 0 Å². The molecule has 0 unspecified atom stereocenters. The second-order valence-electron chi connectivity index (χ2n) is 4.57. The van der Waals surface area contributed by atoms with E-state index in [9.17, 15) is 0 Å². The Morgan fingerprint density at radius 2 is 1.94 bits per heavy atom. The monoisotopic (exact) mass is 251 g/mol. The zero-order valence-electron chi connectivity index (χ0n) is 11.4. The first kappa shape index (κ1) is 14.6. The fourth-order valence-electron chi connectivity index (χ4n) is 1.70. The highest BCUT2D eigenvalue weighted by Gasteiger charge is 1.99. The molecule has 0 saturated heterocycles. The fraction of sp³-hybridized carbons (Fsp3) is 0.600. The molecule has 1 N–H and O–H groups in total. The van der Waals surface area contributed by atoms with E-state index in [1.807, 2.05) is 11.8 Å². The van der Waals surface area contributed by atoms with Crippen LogP contribution in [0.2, 0.25) is 0 Å². The van der Waals surface area contributed by atoms with E-state index in [1.165, 1.54) is 47.6 Å². The molecule has 0 atom stereocenters. The number of aryl methyl sites for hydroxylation is 2. The average Bonchev–Trinajstić information content (AvgIpc) is 2.32. The van der Waals surface area contributed by atoms with Gasteiger partial charge in [0.1, 0.15) is 0 Å². The third-order valence-electron chi connectivity index (χ3n) is 2.78. The quantitative estimate of drug-likeness (QED) is 0.549. The van der Waals surface area contributed by atoms with E-state index in [2.05, 4.69) is 44.3 Å². The standard InChI is InChI=1S/C15H25NS/c1-4-9-16-10-5-6-11-17-15-12-13(2)7-8-14(15)3/h7-8,12,16H,4-6,9-11H2,1-3H3. The molecule has 2 heteroatoms. The molecule has 0 heterocycles. The van der Waals surface area contributed by atoms with Crippen LogP contribution in [0.25, 0.3) is 0 Å². The Bertz CT molecular complexity index is 323. The molecule has 0 saturated carbocycles. The molecule has 0 spiro atoms. The fourth-order valence-corrected chi connectivity index (χ4v) is 2.83. The van der Waals surface area contributed by atoms with E-state index >= 15 is 0 Å². The van der Waals surface area contributed by atoms with Crippen molar-refractivity contribution in [3.63, 3.8) is 0 Å². The van der Waals surface area contributed by atoms with Crippen LogP contribution in [0, 0.1) is 13.8 Å². The molecule has 0 aliphatic carbocycles. The van der Waals surface area contributed by atoms with Gasteiger partial charge in [-0.1, -0.05) is 24.6 Å². The second-order valence-corrected chi connectivity index (χ2v) is 5.71. The van der Waals surface area contributed by atoms with Crippen LogP contribution in [0.5, 0.6) is 0 Å². The van der Waals surface area contributed by atoms with Gasteiger partial charge in [-0.25, -0.2) is 0 Å². The Labute approximate surface area is 110 Å². The van der Waals surface area contributed by atoms with Crippen LogP contribution in [0.4, 0.5) is 0 Å². The van der Waals surface area contributed by atoms with Crippen molar-refractivity contribution in [3.05, 3.63) is 29.3 Å². The number of thioether (sulfide) groups is 1. The SMILES string of the molecule is CCCNCCCCSc1cc(C)ccc1C. The van der Waals surface area contributed by atoms with Crippen molar-refractivity contribution in [3.8, 4) is 0 Å². The minimum atomic E-state index is 1.16. The largest absolute Gasteiger partial charge is 0.317 e. The average molecular weight is 251 g/mol. The molecule has 0 radical (unpaired) electrons. The minimum Gasteiger partial charge on any atom is -0.317 e. The zero-order valence-corrected chi connectivity index (χ0v) is 12.2.